The van der Waals surface area contributed by atoms with Gasteiger partial charge in [0.25, 0.3) is 0 Å². The molecule has 202 valence electrons. The van der Waals surface area contributed by atoms with E-state index in [0.29, 0.717) is 18.4 Å². The monoisotopic (exact) mass is 528 g/mol. The SMILES string of the molecule is NCc1ccccc1C(N)NC1=CC(Nc2ccccccc(/N=C3\CCC4C=CC=CC34)[nH]2)c2ccccc21. The molecule has 6 rings (SSSR count). The molecule has 6 heteroatoms. The fourth-order valence-corrected chi connectivity index (χ4v) is 5.89. The van der Waals surface area contributed by atoms with Gasteiger partial charge in [-0.05, 0) is 53.7 Å². The Balaban J connectivity index is 1.30. The first kappa shape index (κ1) is 25.9. The Bertz CT molecular complexity index is 1540. The highest BCUT2D eigenvalue weighted by molar-refractivity contribution is 5.92. The summed E-state index contributed by atoms with van der Waals surface area (Å²) in [6, 6.07) is 28.6. The predicted molar refractivity (Wildman–Crippen MR) is 165 cm³/mol. The highest BCUT2D eigenvalue weighted by atomic mass is 15.1. The average Bonchev–Trinajstić information content (AvgIpc) is 3.58. The molecule has 6 nitrogen and oxygen atoms in total. The van der Waals surface area contributed by atoms with Crippen LogP contribution in [-0.4, -0.2) is 10.7 Å². The van der Waals surface area contributed by atoms with Crippen molar-refractivity contribution >= 4 is 23.0 Å². The summed E-state index contributed by atoms with van der Waals surface area (Å²) < 4.78 is 0. The molecule has 1 saturated carbocycles. The van der Waals surface area contributed by atoms with Gasteiger partial charge in [0.1, 0.15) is 17.8 Å². The molecule has 3 aliphatic carbocycles. The quantitative estimate of drug-likeness (QED) is 0.224. The van der Waals surface area contributed by atoms with Gasteiger partial charge < -0.3 is 27.1 Å². The number of aromatic nitrogens is 1. The van der Waals surface area contributed by atoms with E-state index in [1.165, 1.54) is 11.3 Å². The third kappa shape index (κ3) is 5.50. The van der Waals surface area contributed by atoms with E-state index < -0.39 is 0 Å². The number of nitrogens with one attached hydrogen (secondary N) is 3. The molecule has 0 radical (unpaired) electrons. The van der Waals surface area contributed by atoms with Crippen molar-refractivity contribution in [3.8, 4) is 0 Å². The molecule has 0 amide bonds. The molecule has 0 bridgehead atoms. The Morgan fingerprint density at radius 3 is 2.58 bits per heavy atom. The van der Waals surface area contributed by atoms with E-state index in [1.54, 1.807) is 0 Å². The fourth-order valence-electron chi connectivity index (χ4n) is 5.89. The summed E-state index contributed by atoms with van der Waals surface area (Å²) in [5.74, 6) is 2.64. The van der Waals surface area contributed by atoms with Crippen LogP contribution in [0.5, 0.6) is 0 Å². The van der Waals surface area contributed by atoms with Crippen LogP contribution in [0, 0.1) is 11.8 Å². The van der Waals surface area contributed by atoms with E-state index in [9.17, 15) is 0 Å². The van der Waals surface area contributed by atoms with Crippen molar-refractivity contribution in [3.63, 3.8) is 0 Å². The third-order valence-electron chi connectivity index (χ3n) is 7.90. The van der Waals surface area contributed by atoms with E-state index >= 15 is 0 Å². The third-order valence-corrected chi connectivity index (χ3v) is 7.90. The van der Waals surface area contributed by atoms with Gasteiger partial charge in [-0.2, -0.15) is 0 Å². The van der Waals surface area contributed by atoms with Gasteiger partial charge in [0.05, 0.1) is 6.04 Å². The van der Waals surface area contributed by atoms with Crippen LogP contribution in [0.15, 0.2) is 120 Å². The molecule has 1 aromatic heterocycles. The van der Waals surface area contributed by atoms with Crippen LogP contribution < -0.4 is 22.1 Å². The molecular formula is C34H36N6. The number of H-pyrrole nitrogens is 1. The Kier molecular flexibility index (Phi) is 7.62. The van der Waals surface area contributed by atoms with E-state index in [0.717, 1.165) is 46.9 Å². The second-order valence-corrected chi connectivity index (χ2v) is 10.4. The van der Waals surface area contributed by atoms with Gasteiger partial charge in [-0.3, -0.25) is 0 Å². The minimum absolute atomic E-state index is 0.0484. The number of benzene rings is 2. The summed E-state index contributed by atoms with van der Waals surface area (Å²) in [6.07, 6.45) is 12.9. The van der Waals surface area contributed by atoms with Crippen molar-refractivity contribution in [1.29, 1.82) is 0 Å². The van der Waals surface area contributed by atoms with Crippen LogP contribution >= 0.6 is 0 Å². The molecule has 1 fully saturated rings. The van der Waals surface area contributed by atoms with Gasteiger partial charge in [-0.25, -0.2) is 4.99 Å². The number of hydrogen-bond donors (Lipinski definition) is 5. The molecule has 1 heterocycles. The molecule has 2 aromatic carbocycles. The maximum Gasteiger partial charge on any atom is 0.131 e. The minimum atomic E-state index is -0.377. The summed E-state index contributed by atoms with van der Waals surface area (Å²) in [7, 11) is 0. The number of rotatable bonds is 7. The summed E-state index contributed by atoms with van der Waals surface area (Å²) in [4.78, 5) is 8.67. The van der Waals surface area contributed by atoms with E-state index in [-0.39, 0.29) is 12.2 Å². The van der Waals surface area contributed by atoms with Crippen LogP contribution in [0.2, 0.25) is 0 Å². The molecule has 7 N–H and O–H groups in total. The average molecular weight is 529 g/mol. The first-order chi connectivity index (χ1) is 19.7. The van der Waals surface area contributed by atoms with Gasteiger partial charge >= 0.3 is 0 Å². The van der Waals surface area contributed by atoms with Crippen LogP contribution in [0.1, 0.15) is 47.3 Å². The number of anilines is 1. The highest BCUT2D eigenvalue weighted by Gasteiger charge is 2.30. The molecule has 0 spiro atoms. The van der Waals surface area contributed by atoms with Crippen LogP contribution in [0.4, 0.5) is 11.6 Å². The molecular weight excluding hydrogens is 492 g/mol. The topological polar surface area (TPSA) is 104 Å². The largest absolute Gasteiger partial charge is 0.366 e. The predicted octanol–water partition coefficient (Wildman–Crippen LogP) is 6.58. The number of fused-ring (bicyclic) bond motifs is 2. The Morgan fingerprint density at radius 1 is 0.900 bits per heavy atom. The van der Waals surface area contributed by atoms with E-state index in [4.69, 9.17) is 16.5 Å². The van der Waals surface area contributed by atoms with Crippen molar-refractivity contribution in [2.75, 3.05) is 5.32 Å². The van der Waals surface area contributed by atoms with E-state index in [1.807, 2.05) is 54.6 Å². The summed E-state index contributed by atoms with van der Waals surface area (Å²) in [6.45, 7) is 0.446. The van der Waals surface area contributed by atoms with Gasteiger partial charge in [0.15, 0.2) is 0 Å². The molecule has 3 aliphatic rings. The second kappa shape index (κ2) is 11.8. The van der Waals surface area contributed by atoms with Gasteiger partial charge in [0.2, 0.25) is 0 Å². The van der Waals surface area contributed by atoms with Crippen LogP contribution in [-0.2, 0) is 6.54 Å². The first-order valence-electron chi connectivity index (χ1n) is 14.0. The van der Waals surface area contributed by atoms with Crippen molar-refractivity contribution in [3.05, 3.63) is 138 Å². The van der Waals surface area contributed by atoms with E-state index in [2.05, 4.69) is 76.3 Å². The Morgan fingerprint density at radius 2 is 1.68 bits per heavy atom. The summed E-state index contributed by atoms with van der Waals surface area (Å²) in [5.41, 5.74) is 19.2. The zero-order chi connectivity index (χ0) is 27.3. The Hall–Kier alpha value is -4.39. The Labute approximate surface area is 235 Å². The van der Waals surface area contributed by atoms with Crippen LogP contribution in [0.3, 0.4) is 0 Å². The lowest BCUT2D eigenvalue weighted by molar-refractivity contribution is 0.604. The lowest BCUT2D eigenvalue weighted by Gasteiger charge is -2.19. The molecule has 4 unspecified atom stereocenters. The first-order valence-corrected chi connectivity index (χ1v) is 14.0. The normalized spacial score (nSPS) is 22.3. The van der Waals surface area contributed by atoms with Crippen molar-refractivity contribution < 1.29 is 0 Å². The molecule has 40 heavy (non-hydrogen) atoms. The number of aromatic amines is 1. The lowest BCUT2D eigenvalue weighted by Crippen LogP contribution is -2.28. The maximum atomic E-state index is 6.64. The summed E-state index contributed by atoms with van der Waals surface area (Å²) >= 11 is 0. The number of aliphatic imine (C=N–C) groups is 1. The number of hydrogen-bond acceptors (Lipinski definition) is 5. The van der Waals surface area contributed by atoms with Crippen molar-refractivity contribution in [1.82, 2.24) is 10.3 Å². The lowest BCUT2D eigenvalue weighted by atomic mass is 9.91. The number of nitrogens with zero attached hydrogens (tertiary/aromatic N) is 1. The van der Waals surface area contributed by atoms with Gasteiger partial charge in [0, 0.05) is 29.4 Å². The zero-order valence-electron chi connectivity index (χ0n) is 22.5. The minimum Gasteiger partial charge on any atom is -0.366 e. The molecule has 3 aromatic rings. The van der Waals surface area contributed by atoms with Crippen molar-refractivity contribution in [2.24, 2.45) is 28.3 Å². The fraction of sp³-hybridized carbons (Fsp3) is 0.206. The van der Waals surface area contributed by atoms with Crippen LogP contribution in [0.25, 0.3) is 5.70 Å². The molecule has 0 aliphatic heterocycles. The van der Waals surface area contributed by atoms with Gasteiger partial charge in [-0.1, -0.05) is 97.1 Å². The molecule has 0 saturated heterocycles. The highest BCUT2D eigenvalue weighted by Crippen LogP contribution is 2.37. The summed E-state index contributed by atoms with van der Waals surface area (Å²) in [5, 5.41) is 7.25. The second-order valence-electron chi connectivity index (χ2n) is 10.4. The van der Waals surface area contributed by atoms with Crippen molar-refractivity contribution in [2.45, 2.75) is 31.6 Å². The maximum absolute atomic E-state index is 6.64. The standard InChI is InChI=1S/C34H36N6/c35-22-24-12-6-8-14-26(24)34(36)39-31-21-30(27-15-9-10-16-28(27)31)38-33-18-4-2-1-3-17-32(40-33)37-29-20-19-23-11-5-7-13-25(23)29/h1-18,21,23,25,30,34,38-40H,19-20,22,35-36H2/b3-1?,4-2?,32-17?,33-18?,37-29+. The smallest absolute Gasteiger partial charge is 0.131 e. The molecule has 4 atom stereocenters. The number of nitrogens with two attached hydrogens (primary N) is 2. The number of allylic oxidation sites excluding steroid dienone is 4. The van der Waals surface area contributed by atoms with Gasteiger partial charge in [-0.15, -0.1) is 0 Å². The zero-order valence-corrected chi connectivity index (χ0v) is 22.5.